The fourth-order valence-corrected chi connectivity index (χ4v) is 1.54. The van der Waals surface area contributed by atoms with E-state index in [-0.39, 0.29) is 17.2 Å². The van der Waals surface area contributed by atoms with Gasteiger partial charge < -0.3 is 20.1 Å². The highest BCUT2D eigenvalue weighted by atomic mass is 19.1. The average Bonchev–Trinajstić information content (AvgIpc) is 2.42. The van der Waals surface area contributed by atoms with Crippen molar-refractivity contribution in [2.75, 3.05) is 45.8 Å². The molecular weight excluding hydrogens is 251 g/mol. The van der Waals surface area contributed by atoms with Gasteiger partial charge in [0.25, 0.3) is 5.91 Å². The Kier molecular flexibility index (Phi) is 6.84. The number of methoxy groups -OCH3 is 1. The molecule has 0 spiro atoms. The SMILES string of the molecule is CNc1c(F)cccc1C(=O)NCCOCCOC. The molecule has 0 aliphatic carbocycles. The number of benzene rings is 1. The number of hydrogen-bond donors (Lipinski definition) is 2. The normalized spacial score (nSPS) is 10.3. The average molecular weight is 270 g/mol. The molecule has 1 rings (SSSR count). The van der Waals surface area contributed by atoms with Gasteiger partial charge in [-0.3, -0.25) is 4.79 Å². The van der Waals surface area contributed by atoms with Crippen molar-refractivity contribution in [3.63, 3.8) is 0 Å². The van der Waals surface area contributed by atoms with Gasteiger partial charge in [0.05, 0.1) is 31.1 Å². The molecule has 0 fully saturated rings. The van der Waals surface area contributed by atoms with E-state index >= 15 is 0 Å². The molecule has 0 atom stereocenters. The molecule has 0 aromatic heterocycles. The van der Waals surface area contributed by atoms with Crippen molar-refractivity contribution in [3.05, 3.63) is 29.6 Å². The summed E-state index contributed by atoms with van der Waals surface area (Å²) in [7, 11) is 3.16. The van der Waals surface area contributed by atoms with Gasteiger partial charge in [0.15, 0.2) is 0 Å². The predicted octanol–water partition coefficient (Wildman–Crippen LogP) is 1.26. The van der Waals surface area contributed by atoms with Crippen LogP contribution < -0.4 is 10.6 Å². The lowest BCUT2D eigenvalue weighted by Gasteiger charge is -2.10. The third-order valence-corrected chi connectivity index (χ3v) is 2.47. The maximum atomic E-state index is 13.5. The molecule has 0 heterocycles. The second kappa shape index (κ2) is 8.44. The lowest BCUT2D eigenvalue weighted by molar-refractivity contribution is 0.0693. The minimum atomic E-state index is -0.452. The Hall–Kier alpha value is -1.66. The fourth-order valence-electron chi connectivity index (χ4n) is 1.54. The summed E-state index contributed by atoms with van der Waals surface area (Å²) in [5.41, 5.74) is 0.472. The number of halogens is 1. The molecule has 1 aromatic rings. The highest BCUT2D eigenvalue weighted by molar-refractivity contribution is 5.99. The van der Waals surface area contributed by atoms with E-state index in [0.29, 0.717) is 26.4 Å². The summed E-state index contributed by atoms with van der Waals surface area (Å²) in [6, 6.07) is 4.37. The molecule has 2 N–H and O–H groups in total. The summed E-state index contributed by atoms with van der Waals surface area (Å²) in [5, 5.41) is 5.35. The summed E-state index contributed by atoms with van der Waals surface area (Å²) >= 11 is 0. The molecule has 1 aromatic carbocycles. The van der Waals surface area contributed by atoms with Crippen LogP contribution >= 0.6 is 0 Å². The van der Waals surface area contributed by atoms with Gasteiger partial charge in [-0.2, -0.15) is 0 Å². The molecule has 0 radical (unpaired) electrons. The van der Waals surface area contributed by atoms with Crippen LogP contribution in [0.5, 0.6) is 0 Å². The van der Waals surface area contributed by atoms with Gasteiger partial charge in [0.2, 0.25) is 0 Å². The number of anilines is 1. The van der Waals surface area contributed by atoms with Gasteiger partial charge in [-0.1, -0.05) is 6.07 Å². The molecule has 0 saturated carbocycles. The second-order valence-corrected chi connectivity index (χ2v) is 3.77. The Morgan fingerprint density at radius 1 is 1.32 bits per heavy atom. The van der Waals surface area contributed by atoms with Crippen LogP contribution in [0.2, 0.25) is 0 Å². The standard InChI is InChI=1S/C13H19FN2O3/c1-15-12-10(4-3-5-11(12)14)13(17)16-6-7-19-9-8-18-2/h3-5,15H,6-9H2,1-2H3,(H,16,17). The van der Waals surface area contributed by atoms with E-state index in [0.717, 1.165) is 0 Å². The predicted molar refractivity (Wildman–Crippen MR) is 71.0 cm³/mol. The van der Waals surface area contributed by atoms with Crippen molar-refractivity contribution >= 4 is 11.6 Å². The van der Waals surface area contributed by atoms with E-state index in [1.54, 1.807) is 20.2 Å². The first-order chi connectivity index (χ1) is 9.20. The monoisotopic (exact) mass is 270 g/mol. The number of nitrogens with one attached hydrogen (secondary N) is 2. The Balaban J connectivity index is 2.43. The smallest absolute Gasteiger partial charge is 0.253 e. The van der Waals surface area contributed by atoms with Crippen molar-refractivity contribution in [1.82, 2.24) is 5.32 Å². The number of carbonyl (C=O) groups excluding carboxylic acids is 1. The van der Waals surface area contributed by atoms with Gasteiger partial charge >= 0.3 is 0 Å². The highest BCUT2D eigenvalue weighted by Gasteiger charge is 2.13. The largest absolute Gasteiger partial charge is 0.385 e. The summed E-state index contributed by atoms with van der Waals surface area (Å²) in [4.78, 5) is 11.9. The van der Waals surface area contributed by atoms with Crippen LogP contribution in [0.1, 0.15) is 10.4 Å². The topological polar surface area (TPSA) is 59.6 Å². The van der Waals surface area contributed by atoms with E-state index < -0.39 is 5.82 Å². The summed E-state index contributed by atoms with van der Waals surface area (Å²) in [6.07, 6.45) is 0. The molecule has 0 bridgehead atoms. The Bertz CT molecular complexity index is 413. The minimum absolute atomic E-state index is 0.195. The fraction of sp³-hybridized carbons (Fsp3) is 0.462. The maximum absolute atomic E-state index is 13.5. The first-order valence-electron chi connectivity index (χ1n) is 6.01. The quantitative estimate of drug-likeness (QED) is 0.698. The third kappa shape index (κ3) is 4.84. The van der Waals surface area contributed by atoms with Crippen LogP contribution in [-0.4, -0.2) is 46.4 Å². The van der Waals surface area contributed by atoms with Crippen LogP contribution in [0, 0.1) is 5.82 Å². The van der Waals surface area contributed by atoms with Gasteiger partial charge in [-0.05, 0) is 12.1 Å². The molecule has 0 aliphatic rings. The van der Waals surface area contributed by atoms with E-state index in [9.17, 15) is 9.18 Å². The van der Waals surface area contributed by atoms with Gasteiger partial charge in [0.1, 0.15) is 5.82 Å². The summed E-state index contributed by atoms with van der Waals surface area (Å²) < 4.78 is 23.5. The van der Waals surface area contributed by atoms with Crippen LogP contribution in [0.4, 0.5) is 10.1 Å². The van der Waals surface area contributed by atoms with Crippen LogP contribution in [0.3, 0.4) is 0 Å². The van der Waals surface area contributed by atoms with E-state index in [4.69, 9.17) is 9.47 Å². The first kappa shape index (κ1) is 15.4. The molecule has 5 nitrogen and oxygen atoms in total. The Labute approximate surface area is 112 Å². The maximum Gasteiger partial charge on any atom is 0.253 e. The lowest BCUT2D eigenvalue weighted by atomic mass is 10.1. The lowest BCUT2D eigenvalue weighted by Crippen LogP contribution is -2.28. The number of hydrogen-bond acceptors (Lipinski definition) is 4. The van der Waals surface area contributed by atoms with Gasteiger partial charge in [-0.15, -0.1) is 0 Å². The summed E-state index contributed by atoms with van der Waals surface area (Å²) in [6.45, 7) is 1.75. The molecule has 106 valence electrons. The van der Waals surface area contributed by atoms with Crippen LogP contribution in [0.15, 0.2) is 18.2 Å². The molecule has 19 heavy (non-hydrogen) atoms. The van der Waals surface area contributed by atoms with Crippen LogP contribution in [0.25, 0.3) is 0 Å². The van der Waals surface area contributed by atoms with E-state index in [2.05, 4.69) is 10.6 Å². The van der Waals surface area contributed by atoms with Crippen LogP contribution in [-0.2, 0) is 9.47 Å². The molecule has 1 amide bonds. The first-order valence-corrected chi connectivity index (χ1v) is 6.01. The van der Waals surface area contributed by atoms with Gasteiger partial charge in [0, 0.05) is 20.7 Å². The Morgan fingerprint density at radius 2 is 2.11 bits per heavy atom. The van der Waals surface area contributed by atoms with E-state index in [1.165, 1.54) is 12.1 Å². The zero-order chi connectivity index (χ0) is 14.1. The molecule has 0 unspecified atom stereocenters. The number of rotatable bonds is 8. The number of amides is 1. The molecule has 6 heteroatoms. The molecular formula is C13H19FN2O3. The van der Waals surface area contributed by atoms with Crippen molar-refractivity contribution in [2.24, 2.45) is 0 Å². The number of para-hydroxylation sites is 1. The highest BCUT2D eigenvalue weighted by Crippen LogP contribution is 2.18. The second-order valence-electron chi connectivity index (χ2n) is 3.77. The zero-order valence-corrected chi connectivity index (χ0v) is 11.2. The van der Waals surface area contributed by atoms with Crippen molar-refractivity contribution < 1.29 is 18.7 Å². The number of ether oxygens (including phenoxy) is 2. The van der Waals surface area contributed by atoms with Crippen molar-refractivity contribution in [2.45, 2.75) is 0 Å². The van der Waals surface area contributed by atoms with Crippen molar-refractivity contribution in [3.8, 4) is 0 Å². The van der Waals surface area contributed by atoms with E-state index in [1.807, 2.05) is 0 Å². The van der Waals surface area contributed by atoms with Crippen molar-refractivity contribution in [1.29, 1.82) is 0 Å². The zero-order valence-electron chi connectivity index (χ0n) is 11.2. The Morgan fingerprint density at radius 3 is 2.79 bits per heavy atom. The summed E-state index contributed by atoms with van der Waals surface area (Å²) in [5.74, 6) is -0.786. The third-order valence-electron chi connectivity index (χ3n) is 2.47. The van der Waals surface area contributed by atoms with Gasteiger partial charge in [-0.25, -0.2) is 4.39 Å². The molecule has 0 saturated heterocycles. The molecule has 0 aliphatic heterocycles. The minimum Gasteiger partial charge on any atom is -0.385 e. The number of carbonyl (C=O) groups is 1.